The number of nitrogens with one attached hydrogen (secondary N) is 1. The smallest absolute Gasteiger partial charge is 0.154 e. The Kier molecular flexibility index (Phi) is 5.58. The summed E-state index contributed by atoms with van der Waals surface area (Å²) in [6.07, 6.45) is 4.10. The summed E-state index contributed by atoms with van der Waals surface area (Å²) in [7, 11) is 3.34. The van der Waals surface area contributed by atoms with Crippen molar-refractivity contribution in [2.45, 2.75) is 45.2 Å². The van der Waals surface area contributed by atoms with Crippen molar-refractivity contribution in [2.75, 3.05) is 20.8 Å². The molecule has 4 rings (SSSR count). The third-order valence-corrected chi connectivity index (χ3v) is 5.60. The lowest BCUT2D eigenvalue weighted by molar-refractivity contribution is 0.206. The van der Waals surface area contributed by atoms with Gasteiger partial charge >= 0.3 is 0 Å². The Labute approximate surface area is 171 Å². The van der Waals surface area contributed by atoms with Gasteiger partial charge in [0.05, 0.1) is 37.8 Å². The molecule has 2 aromatic heterocycles. The summed E-state index contributed by atoms with van der Waals surface area (Å²) in [5.41, 5.74) is 4.02. The van der Waals surface area contributed by atoms with Crippen molar-refractivity contribution in [2.24, 2.45) is 0 Å². The number of methoxy groups -OCH3 is 2. The van der Waals surface area contributed by atoms with Crippen molar-refractivity contribution >= 4 is 0 Å². The summed E-state index contributed by atoms with van der Waals surface area (Å²) >= 11 is 0. The first-order chi connectivity index (χ1) is 14.1. The number of H-pyrrole nitrogens is 1. The van der Waals surface area contributed by atoms with Crippen LogP contribution in [-0.4, -0.2) is 41.0 Å². The van der Waals surface area contributed by atoms with Gasteiger partial charge in [-0.3, -0.25) is 10.00 Å². The first-order valence-corrected chi connectivity index (χ1v) is 10.1. The maximum absolute atomic E-state index is 5.69. The van der Waals surface area contributed by atoms with E-state index in [0.29, 0.717) is 5.92 Å². The zero-order valence-electron chi connectivity index (χ0n) is 17.4. The second-order valence-corrected chi connectivity index (χ2v) is 7.77. The molecule has 1 aromatic carbocycles. The predicted octanol–water partition coefficient (Wildman–Crippen LogP) is 4.54. The number of rotatable bonds is 7. The molecule has 1 N–H and O–H groups in total. The van der Waals surface area contributed by atoms with Gasteiger partial charge in [-0.25, -0.2) is 0 Å². The molecule has 1 aliphatic heterocycles. The van der Waals surface area contributed by atoms with Crippen molar-refractivity contribution in [3.05, 3.63) is 47.5 Å². The molecule has 0 amide bonds. The van der Waals surface area contributed by atoms with Gasteiger partial charge in [-0.15, -0.1) is 0 Å². The Bertz CT molecular complexity index is 963. The molecule has 1 saturated heterocycles. The average molecular weight is 396 g/mol. The molecule has 7 heteroatoms. The minimum atomic E-state index is 0.241. The van der Waals surface area contributed by atoms with Crippen LogP contribution in [0.5, 0.6) is 11.5 Å². The van der Waals surface area contributed by atoms with Crippen LogP contribution in [0.1, 0.15) is 55.7 Å². The van der Waals surface area contributed by atoms with Gasteiger partial charge in [-0.05, 0) is 43.5 Å². The third-order valence-electron chi connectivity index (χ3n) is 5.60. The number of hydrogen-bond donors (Lipinski definition) is 1. The van der Waals surface area contributed by atoms with Crippen LogP contribution >= 0.6 is 0 Å². The van der Waals surface area contributed by atoms with Crippen LogP contribution in [0.3, 0.4) is 0 Å². The van der Waals surface area contributed by atoms with Gasteiger partial charge < -0.3 is 14.0 Å². The summed E-state index contributed by atoms with van der Waals surface area (Å²) in [5, 5.41) is 11.7. The van der Waals surface area contributed by atoms with Crippen molar-refractivity contribution < 1.29 is 14.0 Å². The number of nitrogens with zero attached hydrogens (tertiary/aromatic N) is 3. The van der Waals surface area contributed by atoms with Gasteiger partial charge in [0.25, 0.3) is 0 Å². The summed E-state index contributed by atoms with van der Waals surface area (Å²) < 4.78 is 16.7. The largest absolute Gasteiger partial charge is 0.497 e. The van der Waals surface area contributed by atoms with E-state index >= 15 is 0 Å². The molecular formula is C22H28N4O3. The quantitative estimate of drug-likeness (QED) is 0.632. The molecule has 3 aromatic rings. The van der Waals surface area contributed by atoms with Crippen LogP contribution < -0.4 is 9.47 Å². The van der Waals surface area contributed by atoms with Gasteiger partial charge in [0.2, 0.25) is 0 Å². The first kappa shape index (κ1) is 19.5. The van der Waals surface area contributed by atoms with Crippen molar-refractivity contribution in [3.8, 4) is 22.8 Å². The summed E-state index contributed by atoms with van der Waals surface area (Å²) in [6.45, 7) is 6.05. The number of ether oxygens (including phenoxy) is 2. The average Bonchev–Trinajstić information content (AvgIpc) is 3.48. The summed E-state index contributed by atoms with van der Waals surface area (Å²) in [6, 6.07) is 8.13. The molecule has 0 bridgehead atoms. The second-order valence-electron chi connectivity index (χ2n) is 7.77. The van der Waals surface area contributed by atoms with E-state index in [4.69, 9.17) is 14.0 Å². The lowest BCUT2D eigenvalue weighted by Crippen LogP contribution is -2.22. The molecule has 0 radical (unpaired) electrons. The number of aromatic amines is 1. The Morgan fingerprint density at radius 1 is 1.24 bits per heavy atom. The number of likely N-dealkylation sites (tertiary alicyclic amines) is 1. The van der Waals surface area contributed by atoms with Gasteiger partial charge in [-0.1, -0.05) is 19.0 Å². The Morgan fingerprint density at radius 2 is 2.10 bits per heavy atom. The van der Waals surface area contributed by atoms with Crippen molar-refractivity contribution in [1.82, 2.24) is 20.3 Å². The topological polar surface area (TPSA) is 76.4 Å². The third kappa shape index (κ3) is 3.87. The molecule has 1 fully saturated rings. The number of aromatic nitrogens is 3. The van der Waals surface area contributed by atoms with Crippen LogP contribution in [0.2, 0.25) is 0 Å². The van der Waals surface area contributed by atoms with E-state index in [2.05, 4.69) is 40.2 Å². The van der Waals surface area contributed by atoms with Crippen molar-refractivity contribution in [1.29, 1.82) is 0 Å². The van der Waals surface area contributed by atoms with E-state index in [1.807, 2.05) is 24.4 Å². The number of benzene rings is 1. The second kappa shape index (κ2) is 8.29. The monoisotopic (exact) mass is 396 g/mol. The van der Waals surface area contributed by atoms with Crippen LogP contribution in [0, 0.1) is 0 Å². The molecule has 1 aliphatic rings. The zero-order chi connectivity index (χ0) is 20.4. The Morgan fingerprint density at radius 3 is 2.83 bits per heavy atom. The predicted molar refractivity (Wildman–Crippen MR) is 110 cm³/mol. The molecule has 154 valence electrons. The van der Waals surface area contributed by atoms with Crippen LogP contribution in [0.4, 0.5) is 0 Å². The first-order valence-electron chi connectivity index (χ1n) is 10.1. The van der Waals surface area contributed by atoms with E-state index in [1.165, 1.54) is 0 Å². The highest BCUT2D eigenvalue weighted by Crippen LogP contribution is 2.38. The van der Waals surface area contributed by atoms with Gasteiger partial charge in [0, 0.05) is 23.7 Å². The molecular weight excluding hydrogens is 368 g/mol. The fourth-order valence-electron chi connectivity index (χ4n) is 3.96. The fraction of sp³-hybridized carbons (Fsp3) is 0.455. The SMILES string of the molecule is COc1ccc(OC)c(-c2[nH]ncc2CN2CCC[C@@H]2c2cc(C(C)C)no2)c1. The van der Waals surface area contributed by atoms with Crippen LogP contribution in [-0.2, 0) is 6.54 Å². The summed E-state index contributed by atoms with van der Waals surface area (Å²) in [4.78, 5) is 2.44. The minimum absolute atomic E-state index is 0.241. The molecule has 1 atom stereocenters. The van der Waals surface area contributed by atoms with Gasteiger partial charge in [-0.2, -0.15) is 5.10 Å². The molecule has 7 nitrogen and oxygen atoms in total. The molecule has 0 unspecified atom stereocenters. The van der Waals surface area contributed by atoms with E-state index < -0.39 is 0 Å². The number of hydrogen-bond acceptors (Lipinski definition) is 6. The van der Waals surface area contributed by atoms with E-state index in [0.717, 1.165) is 65.7 Å². The van der Waals surface area contributed by atoms with Crippen LogP contribution in [0.25, 0.3) is 11.3 Å². The van der Waals surface area contributed by atoms with E-state index in [9.17, 15) is 0 Å². The van der Waals surface area contributed by atoms with E-state index in [1.54, 1.807) is 14.2 Å². The Hall–Kier alpha value is -2.80. The molecule has 3 heterocycles. The maximum atomic E-state index is 5.69. The van der Waals surface area contributed by atoms with Crippen molar-refractivity contribution in [3.63, 3.8) is 0 Å². The van der Waals surface area contributed by atoms with Crippen LogP contribution in [0.15, 0.2) is 35.0 Å². The Balaban J connectivity index is 1.60. The molecule has 0 saturated carbocycles. The maximum Gasteiger partial charge on any atom is 0.154 e. The zero-order valence-corrected chi connectivity index (χ0v) is 17.4. The van der Waals surface area contributed by atoms with E-state index in [-0.39, 0.29) is 6.04 Å². The summed E-state index contributed by atoms with van der Waals surface area (Å²) in [5.74, 6) is 2.88. The highest BCUT2D eigenvalue weighted by molar-refractivity contribution is 5.71. The highest BCUT2D eigenvalue weighted by Gasteiger charge is 2.30. The lowest BCUT2D eigenvalue weighted by atomic mass is 10.0. The fourth-order valence-corrected chi connectivity index (χ4v) is 3.96. The highest BCUT2D eigenvalue weighted by atomic mass is 16.5. The van der Waals surface area contributed by atoms with Gasteiger partial charge in [0.15, 0.2) is 5.76 Å². The lowest BCUT2D eigenvalue weighted by Gasteiger charge is -2.22. The standard InChI is InChI=1S/C22H28N4O3/c1-14(2)18-11-21(29-25-18)19-6-5-9-26(19)13-15-12-23-24-22(15)17-10-16(27-3)7-8-20(17)28-4/h7-8,10-12,14,19H,5-6,9,13H2,1-4H3,(H,23,24)/t19-/m1/s1. The molecule has 0 aliphatic carbocycles. The minimum Gasteiger partial charge on any atom is -0.497 e. The normalized spacial score (nSPS) is 17.2. The van der Waals surface area contributed by atoms with Gasteiger partial charge in [0.1, 0.15) is 11.5 Å². The molecule has 0 spiro atoms. The molecule has 29 heavy (non-hydrogen) atoms.